The molecule has 0 bridgehead atoms. The summed E-state index contributed by atoms with van der Waals surface area (Å²) in [5, 5.41) is 18.9. The normalized spacial score (nSPS) is 14.3. The predicted octanol–water partition coefficient (Wildman–Crippen LogP) is 2.36. The van der Waals surface area contributed by atoms with Gasteiger partial charge in [0.2, 0.25) is 0 Å². The Morgan fingerprint density at radius 2 is 1.95 bits per heavy atom. The molecule has 0 radical (unpaired) electrons. The molecule has 1 atom stereocenters. The number of aliphatic hydroxyl groups is 1. The summed E-state index contributed by atoms with van der Waals surface area (Å²) in [5.74, 6) is 0.667. The van der Waals surface area contributed by atoms with Crippen LogP contribution in [0.1, 0.15) is 11.1 Å². The molecule has 0 aliphatic carbocycles. The Balaban J connectivity index is 1.53. The van der Waals surface area contributed by atoms with E-state index in [1.807, 2.05) is 12.1 Å². The zero-order chi connectivity index (χ0) is 15.4. The Kier molecular flexibility index (Phi) is 4.27. The Labute approximate surface area is 130 Å². The van der Waals surface area contributed by atoms with Gasteiger partial charge in [0, 0.05) is 18.8 Å². The minimum atomic E-state index is -0.554. The van der Waals surface area contributed by atoms with Crippen molar-refractivity contribution in [2.75, 3.05) is 24.6 Å². The Hall–Kier alpha value is -2.51. The molecular weight excluding hydrogens is 276 g/mol. The zero-order valence-corrected chi connectivity index (χ0v) is 12.3. The molecule has 112 valence electrons. The number of fused-ring (bicyclic) bond motifs is 1. The van der Waals surface area contributed by atoms with Gasteiger partial charge in [0.05, 0.1) is 11.6 Å². The van der Waals surface area contributed by atoms with Crippen molar-refractivity contribution in [3.05, 3.63) is 59.7 Å². The summed E-state index contributed by atoms with van der Waals surface area (Å²) in [4.78, 5) is 2.20. The number of nitriles is 1. The molecular formula is C18H18N2O2. The fourth-order valence-electron chi connectivity index (χ4n) is 2.72. The Morgan fingerprint density at radius 1 is 1.18 bits per heavy atom. The van der Waals surface area contributed by atoms with Gasteiger partial charge in [0.25, 0.3) is 0 Å². The van der Waals surface area contributed by atoms with Gasteiger partial charge in [-0.25, -0.2) is 0 Å². The van der Waals surface area contributed by atoms with Crippen LogP contribution in [0, 0.1) is 11.3 Å². The summed E-state index contributed by atoms with van der Waals surface area (Å²) in [6, 6.07) is 17.3. The average molecular weight is 294 g/mol. The Bertz CT molecular complexity index is 676. The maximum Gasteiger partial charge on any atom is 0.119 e. The van der Waals surface area contributed by atoms with Crippen molar-refractivity contribution in [2.45, 2.75) is 12.5 Å². The van der Waals surface area contributed by atoms with Crippen LogP contribution in [0.25, 0.3) is 0 Å². The van der Waals surface area contributed by atoms with Crippen molar-refractivity contribution in [2.24, 2.45) is 0 Å². The van der Waals surface area contributed by atoms with Crippen LogP contribution in [-0.2, 0) is 6.42 Å². The number of hydrogen-bond acceptors (Lipinski definition) is 4. The number of nitrogens with zero attached hydrogens (tertiary/aromatic N) is 2. The second kappa shape index (κ2) is 6.50. The maximum absolute atomic E-state index is 10.2. The van der Waals surface area contributed by atoms with Gasteiger partial charge in [-0.3, -0.25) is 0 Å². The number of para-hydroxylation sites is 1. The van der Waals surface area contributed by atoms with Gasteiger partial charge in [-0.05, 0) is 42.3 Å². The highest BCUT2D eigenvalue weighted by molar-refractivity contribution is 5.57. The van der Waals surface area contributed by atoms with Crippen LogP contribution >= 0.6 is 0 Å². The SMILES string of the molecule is N#Cc1ccc(OC[C@H](O)CN2CCc3ccccc32)cc1. The van der Waals surface area contributed by atoms with Crippen molar-refractivity contribution in [1.82, 2.24) is 0 Å². The standard InChI is InChI=1S/C18H18N2O2/c19-11-14-5-7-17(8-6-14)22-13-16(21)12-20-10-9-15-3-1-2-4-18(15)20/h1-8,16,21H,9-10,12-13H2/t16-/m1/s1. The number of aliphatic hydroxyl groups excluding tert-OH is 1. The molecule has 0 amide bonds. The van der Waals surface area contributed by atoms with Crippen molar-refractivity contribution in [3.63, 3.8) is 0 Å². The summed E-state index contributed by atoms with van der Waals surface area (Å²) in [6.07, 6.45) is 0.473. The van der Waals surface area contributed by atoms with Crippen molar-refractivity contribution < 1.29 is 9.84 Å². The molecule has 4 heteroatoms. The van der Waals surface area contributed by atoms with Gasteiger partial charge in [-0.1, -0.05) is 18.2 Å². The van der Waals surface area contributed by atoms with Gasteiger partial charge >= 0.3 is 0 Å². The number of rotatable bonds is 5. The van der Waals surface area contributed by atoms with E-state index < -0.39 is 6.10 Å². The zero-order valence-electron chi connectivity index (χ0n) is 12.3. The van der Waals surface area contributed by atoms with Gasteiger partial charge in [-0.2, -0.15) is 5.26 Å². The van der Waals surface area contributed by atoms with E-state index in [1.54, 1.807) is 24.3 Å². The van der Waals surface area contributed by atoms with E-state index in [0.29, 0.717) is 17.9 Å². The van der Waals surface area contributed by atoms with E-state index >= 15 is 0 Å². The van der Waals surface area contributed by atoms with Crippen LogP contribution in [-0.4, -0.2) is 30.9 Å². The van der Waals surface area contributed by atoms with Gasteiger partial charge in [0.1, 0.15) is 18.5 Å². The lowest BCUT2D eigenvalue weighted by molar-refractivity contribution is 0.112. The van der Waals surface area contributed by atoms with Crippen LogP contribution in [0.2, 0.25) is 0 Å². The monoisotopic (exact) mass is 294 g/mol. The quantitative estimate of drug-likeness (QED) is 0.919. The topological polar surface area (TPSA) is 56.5 Å². The molecule has 0 aromatic heterocycles. The molecule has 1 heterocycles. The first kappa shape index (κ1) is 14.4. The first-order chi connectivity index (χ1) is 10.8. The molecule has 0 fully saturated rings. The highest BCUT2D eigenvalue weighted by Gasteiger charge is 2.20. The highest BCUT2D eigenvalue weighted by atomic mass is 16.5. The molecule has 3 rings (SSSR count). The number of benzene rings is 2. The fraction of sp³-hybridized carbons (Fsp3) is 0.278. The Morgan fingerprint density at radius 3 is 2.73 bits per heavy atom. The third-order valence-corrected chi connectivity index (χ3v) is 3.84. The number of anilines is 1. The molecule has 0 saturated carbocycles. The molecule has 1 aliphatic rings. The number of ether oxygens (including phenoxy) is 1. The molecule has 0 unspecified atom stereocenters. The summed E-state index contributed by atoms with van der Waals surface area (Å²) >= 11 is 0. The lowest BCUT2D eigenvalue weighted by atomic mass is 10.2. The summed E-state index contributed by atoms with van der Waals surface area (Å²) < 4.78 is 5.58. The summed E-state index contributed by atoms with van der Waals surface area (Å²) in [6.45, 7) is 1.74. The lowest BCUT2D eigenvalue weighted by Crippen LogP contribution is -2.34. The van der Waals surface area contributed by atoms with Crippen molar-refractivity contribution in [3.8, 4) is 11.8 Å². The molecule has 1 N–H and O–H groups in total. The fourth-order valence-corrected chi connectivity index (χ4v) is 2.72. The first-order valence-electron chi connectivity index (χ1n) is 7.40. The number of β-amino-alcohol motifs (C(OH)–C–C–N with tert-alkyl or cyclic N) is 1. The predicted molar refractivity (Wildman–Crippen MR) is 85.0 cm³/mol. The third-order valence-electron chi connectivity index (χ3n) is 3.84. The van der Waals surface area contributed by atoms with E-state index in [4.69, 9.17) is 10.00 Å². The lowest BCUT2D eigenvalue weighted by Gasteiger charge is -2.23. The maximum atomic E-state index is 10.2. The van der Waals surface area contributed by atoms with Crippen LogP contribution in [0.15, 0.2) is 48.5 Å². The van der Waals surface area contributed by atoms with E-state index in [-0.39, 0.29) is 6.61 Å². The molecule has 0 spiro atoms. The van der Waals surface area contributed by atoms with E-state index in [0.717, 1.165) is 13.0 Å². The second-order valence-corrected chi connectivity index (χ2v) is 5.43. The van der Waals surface area contributed by atoms with Crippen LogP contribution in [0.5, 0.6) is 5.75 Å². The largest absolute Gasteiger partial charge is 0.491 e. The molecule has 2 aromatic rings. The van der Waals surface area contributed by atoms with E-state index in [9.17, 15) is 5.11 Å². The first-order valence-corrected chi connectivity index (χ1v) is 7.40. The number of hydrogen-bond donors (Lipinski definition) is 1. The third kappa shape index (κ3) is 3.21. The molecule has 0 saturated heterocycles. The highest BCUT2D eigenvalue weighted by Crippen LogP contribution is 2.27. The van der Waals surface area contributed by atoms with Crippen LogP contribution in [0.4, 0.5) is 5.69 Å². The smallest absolute Gasteiger partial charge is 0.119 e. The van der Waals surface area contributed by atoms with Gasteiger partial charge < -0.3 is 14.7 Å². The molecule has 22 heavy (non-hydrogen) atoms. The van der Waals surface area contributed by atoms with E-state index in [1.165, 1.54) is 11.3 Å². The van der Waals surface area contributed by atoms with Crippen molar-refractivity contribution >= 4 is 5.69 Å². The van der Waals surface area contributed by atoms with Gasteiger partial charge in [-0.15, -0.1) is 0 Å². The average Bonchev–Trinajstić information content (AvgIpc) is 2.97. The van der Waals surface area contributed by atoms with Crippen molar-refractivity contribution in [1.29, 1.82) is 5.26 Å². The second-order valence-electron chi connectivity index (χ2n) is 5.43. The minimum absolute atomic E-state index is 0.241. The molecule has 1 aliphatic heterocycles. The summed E-state index contributed by atoms with van der Waals surface area (Å²) in [5.41, 5.74) is 3.14. The van der Waals surface area contributed by atoms with E-state index in [2.05, 4.69) is 23.1 Å². The summed E-state index contributed by atoms with van der Waals surface area (Å²) in [7, 11) is 0. The van der Waals surface area contributed by atoms with Crippen LogP contribution in [0.3, 0.4) is 0 Å². The van der Waals surface area contributed by atoms with Crippen LogP contribution < -0.4 is 9.64 Å². The molecule has 4 nitrogen and oxygen atoms in total. The minimum Gasteiger partial charge on any atom is -0.491 e. The molecule has 2 aromatic carbocycles. The van der Waals surface area contributed by atoms with Gasteiger partial charge in [0.15, 0.2) is 0 Å².